The van der Waals surface area contributed by atoms with Crippen molar-refractivity contribution in [3.8, 4) is 17.3 Å². The lowest BCUT2D eigenvalue weighted by atomic mass is 10.1. The summed E-state index contributed by atoms with van der Waals surface area (Å²) in [7, 11) is 1.81. The van der Waals surface area contributed by atoms with Gasteiger partial charge in [0, 0.05) is 24.4 Å². The van der Waals surface area contributed by atoms with Crippen molar-refractivity contribution in [3.05, 3.63) is 40.4 Å². The van der Waals surface area contributed by atoms with E-state index in [0.717, 1.165) is 5.56 Å². The summed E-state index contributed by atoms with van der Waals surface area (Å²) >= 11 is 0. The summed E-state index contributed by atoms with van der Waals surface area (Å²) in [5, 5.41) is 12.5. The first-order valence-corrected chi connectivity index (χ1v) is 4.79. The predicted molar refractivity (Wildman–Crippen MR) is 58.6 cm³/mol. The molecule has 0 radical (unpaired) electrons. The zero-order valence-corrected chi connectivity index (χ0v) is 8.77. The number of pyridine rings is 1. The van der Waals surface area contributed by atoms with Crippen LogP contribution in [0, 0.1) is 11.3 Å². The standard InChI is InChI=1S/C11H10N4O/c1-15-7-9(6-13-15)10-3-2-8(4-5-12)11(16)14-10/h2-3,6-7H,4H2,1H3,(H,14,16). The van der Waals surface area contributed by atoms with Crippen LogP contribution in [0.1, 0.15) is 5.56 Å². The maximum Gasteiger partial charge on any atom is 0.252 e. The van der Waals surface area contributed by atoms with Crippen LogP contribution in [0.5, 0.6) is 0 Å². The summed E-state index contributed by atoms with van der Waals surface area (Å²) in [5.74, 6) is 0. The lowest BCUT2D eigenvalue weighted by Gasteiger charge is -1.98. The Morgan fingerprint density at radius 1 is 1.56 bits per heavy atom. The van der Waals surface area contributed by atoms with Gasteiger partial charge < -0.3 is 4.98 Å². The highest BCUT2D eigenvalue weighted by Gasteiger charge is 2.04. The van der Waals surface area contributed by atoms with Crippen LogP contribution in [0.3, 0.4) is 0 Å². The largest absolute Gasteiger partial charge is 0.322 e. The first-order chi connectivity index (χ1) is 7.70. The predicted octanol–water partition coefficient (Wildman–Crippen LogP) is 0.841. The molecule has 0 atom stereocenters. The average Bonchev–Trinajstić information content (AvgIpc) is 2.68. The smallest absolute Gasteiger partial charge is 0.252 e. The number of aryl methyl sites for hydroxylation is 1. The van der Waals surface area contributed by atoms with E-state index in [1.807, 2.05) is 19.3 Å². The Morgan fingerprint density at radius 2 is 2.38 bits per heavy atom. The minimum absolute atomic E-state index is 0.128. The minimum Gasteiger partial charge on any atom is -0.322 e. The van der Waals surface area contributed by atoms with E-state index < -0.39 is 0 Å². The van der Waals surface area contributed by atoms with Crippen LogP contribution in [0.15, 0.2) is 29.3 Å². The van der Waals surface area contributed by atoms with E-state index in [0.29, 0.717) is 11.3 Å². The van der Waals surface area contributed by atoms with Crippen LogP contribution in [-0.2, 0) is 13.5 Å². The third kappa shape index (κ3) is 1.86. The topological polar surface area (TPSA) is 74.5 Å². The van der Waals surface area contributed by atoms with Gasteiger partial charge in [0.25, 0.3) is 5.56 Å². The van der Waals surface area contributed by atoms with Gasteiger partial charge >= 0.3 is 0 Å². The molecule has 0 aromatic carbocycles. The van der Waals surface area contributed by atoms with E-state index in [2.05, 4.69) is 10.1 Å². The summed E-state index contributed by atoms with van der Waals surface area (Å²) in [6.07, 6.45) is 3.62. The molecule has 0 saturated carbocycles. The monoisotopic (exact) mass is 214 g/mol. The Balaban J connectivity index is 2.43. The molecule has 1 N–H and O–H groups in total. The Hall–Kier alpha value is -2.35. The van der Waals surface area contributed by atoms with Crippen molar-refractivity contribution in [2.24, 2.45) is 7.05 Å². The normalized spacial score (nSPS) is 10.0. The summed E-state index contributed by atoms with van der Waals surface area (Å²) < 4.78 is 1.66. The molecule has 16 heavy (non-hydrogen) atoms. The van der Waals surface area contributed by atoms with Crippen molar-refractivity contribution in [1.82, 2.24) is 14.8 Å². The number of nitriles is 1. The van der Waals surface area contributed by atoms with E-state index in [-0.39, 0.29) is 12.0 Å². The van der Waals surface area contributed by atoms with Crippen molar-refractivity contribution < 1.29 is 0 Å². The molecule has 0 aliphatic rings. The molecule has 2 aromatic rings. The van der Waals surface area contributed by atoms with E-state index in [1.54, 1.807) is 23.0 Å². The molecule has 2 aromatic heterocycles. The molecule has 2 rings (SSSR count). The van der Waals surface area contributed by atoms with Crippen molar-refractivity contribution in [2.45, 2.75) is 6.42 Å². The fraction of sp³-hybridized carbons (Fsp3) is 0.182. The number of rotatable bonds is 2. The summed E-state index contributed by atoms with van der Waals surface area (Å²) in [6, 6.07) is 5.41. The molecule has 0 spiro atoms. The van der Waals surface area contributed by atoms with Crippen molar-refractivity contribution in [2.75, 3.05) is 0 Å². The average molecular weight is 214 g/mol. The maximum atomic E-state index is 11.6. The van der Waals surface area contributed by atoms with Gasteiger partial charge in [0.2, 0.25) is 0 Å². The molecular weight excluding hydrogens is 204 g/mol. The third-order valence-corrected chi connectivity index (χ3v) is 2.28. The molecule has 0 fully saturated rings. The Labute approximate surface area is 92.0 Å². The summed E-state index contributed by atoms with van der Waals surface area (Å²) in [4.78, 5) is 14.3. The molecular formula is C11H10N4O. The van der Waals surface area contributed by atoms with E-state index in [4.69, 9.17) is 5.26 Å². The number of aromatic amines is 1. The van der Waals surface area contributed by atoms with Crippen molar-refractivity contribution in [3.63, 3.8) is 0 Å². The molecule has 0 unspecified atom stereocenters. The number of nitrogens with one attached hydrogen (secondary N) is 1. The van der Waals surface area contributed by atoms with Gasteiger partial charge in [0.05, 0.1) is 24.4 Å². The number of nitrogens with zero attached hydrogens (tertiary/aromatic N) is 3. The third-order valence-electron chi connectivity index (χ3n) is 2.28. The minimum atomic E-state index is -0.220. The zero-order valence-electron chi connectivity index (χ0n) is 8.77. The molecule has 0 amide bonds. The highest BCUT2D eigenvalue weighted by atomic mass is 16.1. The highest BCUT2D eigenvalue weighted by molar-refractivity contribution is 5.56. The number of hydrogen-bond donors (Lipinski definition) is 1. The van der Waals surface area contributed by atoms with E-state index in [9.17, 15) is 4.79 Å². The molecule has 5 nitrogen and oxygen atoms in total. The van der Waals surface area contributed by atoms with Crippen LogP contribution >= 0.6 is 0 Å². The Morgan fingerprint density at radius 3 is 2.94 bits per heavy atom. The lowest BCUT2D eigenvalue weighted by Crippen LogP contribution is -2.12. The van der Waals surface area contributed by atoms with Gasteiger partial charge in [0.15, 0.2) is 0 Å². The van der Waals surface area contributed by atoms with Crippen LogP contribution in [0.25, 0.3) is 11.3 Å². The molecule has 80 valence electrons. The number of aromatic nitrogens is 3. The van der Waals surface area contributed by atoms with Gasteiger partial charge in [-0.2, -0.15) is 10.4 Å². The van der Waals surface area contributed by atoms with Crippen LogP contribution in [0.2, 0.25) is 0 Å². The molecule has 0 aliphatic carbocycles. The van der Waals surface area contributed by atoms with Gasteiger partial charge in [-0.25, -0.2) is 0 Å². The number of H-pyrrole nitrogens is 1. The summed E-state index contributed by atoms with van der Waals surface area (Å²) in [6.45, 7) is 0. The fourth-order valence-corrected chi connectivity index (χ4v) is 1.46. The first kappa shape index (κ1) is 10.2. The van der Waals surface area contributed by atoms with Crippen molar-refractivity contribution >= 4 is 0 Å². The van der Waals surface area contributed by atoms with Gasteiger partial charge in [0.1, 0.15) is 0 Å². The summed E-state index contributed by atoms with van der Waals surface area (Å²) in [5.41, 5.74) is 1.82. The fourth-order valence-electron chi connectivity index (χ4n) is 1.46. The number of hydrogen-bond acceptors (Lipinski definition) is 3. The highest BCUT2D eigenvalue weighted by Crippen LogP contribution is 2.13. The van der Waals surface area contributed by atoms with Gasteiger partial charge in [-0.3, -0.25) is 9.48 Å². The second kappa shape index (κ2) is 4.03. The SMILES string of the molecule is Cn1cc(-c2ccc(CC#N)c(=O)[nH]2)cn1. The van der Waals surface area contributed by atoms with Crippen LogP contribution in [-0.4, -0.2) is 14.8 Å². The first-order valence-electron chi connectivity index (χ1n) is 4.79. The second-order valence-corrected chi connectivity index (χ2v) is 3.46. The quantitative estimate of drug-likeness (QED) is 0.805. The van der Waals surface area contributed by atoms with Gasteiger partial charge in [-0.05, 0) is 6.07 Å². The van der Waals surface area contributed by atoms with Gasteiger partial charge in [-0.1, -0.05) is 6.07 Å². The lowest BCUT2D eigenvalue weighted by molar-refractivity contribution is 0.768. The van der Waals surface area contributed by atoms with Crippen LogP contribution in [0.4, 0.5) is 0 Å². The van der Waals surface area contributed by atoms with E-state index >= 15 is 0 Å². The second-order valence-electron chi connectivity index (χ2n) is 3.46. The Bertz CT molecular complexity index is 603. The van der Waals surface area contributed by atoms with E-state index in [1.165, 1.54) is 0 Å². The molecule has 0 aliphatic heterocycles. The molecule has 0 bridgehead atoms. The molecule has 5 heteroatoms. The molecule has 2 heterocycles. The maximum absolute atomic E-state index is 11.6. The molecule has 0 saturated heterocycles. The zero-order chi connectivity index (χ0) is 11.5. The Kier molecular flexibility index (Phi) is 2.56. The van der Waals surface area contributed by atoms with Crippen molar-refractivity contribution in [1.29, 1.82) is 5.26 Å². The van der Waals surface area contributed by atoms with Gasteiger partial charge in [-0.15, -0.1) is 0 Å². The van der Waals surface area contributed by atoms with Crippen LogP contribution < -0.4 is 5.56 Å².